The van der Waals surface area contributed by atoms with E-state index in [4.69, 9.17) is 0 Å². The fourth-order valence-corrected chi connectivity index (χ4v) is 2.73. The van der Waals surface area contributed by atoms with Gasteiger partial charge in [-0.1, -0.05) is 35.0 Å². The highest BCUT2D eigenvalue weighted by Crippen LogP contribution is 2.17. The van der Waals surface area contributed by atoms with E-state index in [-0.39, 0.29) is 0 Å². The van der Waals surface area contributed by atoms with Crippen molar-refractivity contribution in [2.24, 2.45) is 0 Å². The Morgan fingerprint density at radius 2 is 2.06 bits per heavy atom. The predicted octanol–water partition coefficient (Wildman–Crippen LogP) is 4.32. The van der Waals surface area contributed by atoms with Crippen LogP contribution in [0.2, 0.25) is 0 Å². The average Bonchev–Trinajstić information content (AvgIpc) is 2.85. The van der Waals surface area contributed by atoms with E-state index in [0.717, 1.165) is 23.1 Å². The van der Waals surface area contributed by atoms with E-state index >= 15 is 0 Å². The molecule has 18 heavy (non-hydrogen) atoms. The molecule has 1 aromatic carbocycles. The molecule has 0 amide bonds. The molecule has 1 atom stereocenters. The zero-order valence-electron chi connectivity index (χ0n) is 10.6. The number of aryl methyl sites for hydroxylation is 1. The van der Waals surface area contributed by atoms with Crippen molar-refractivity contribution >= 4 is 27.3 Å². The SMILES string of the molecule is CCc1nc(CNC(C)c2ccc(Br)cc2)cs1. The standard InChI is InChI=1S/C14H17BrN2S/c1-3-14-17-13(9-18-14)8-16-10(2)11-4-6-12(15)7-5-11/h4-7,9-10,16H,3,8H2,1-2H3. The molecule has 0 aliphatic rings. The summed E-state index contributed by atoms with van der Waals surface area (Å²) in [5.41, 5.74) is 2.44. The van der Waals surface area contributed by atoms with Gasteiger partial charge in [0.2, 0.25) is 0 Å². The Morgan fingerprint density at radius 1 is 1.33 bits per heavy atom. The van der Waals surface area contributed by atoms with Crippen molar-refractivity contribution in [2.75, 3.05) is 0 Å². The van der Waals surface area contributed by atoms with Crippen molar-refractivity contribution in [1.29, 1.82) is 0 Å². The second kappa shape index (κ2) is 6.45. The quantitative estimate of drug-likeness (QED) is 0.886. The van der Waals surface area contributed by atoms with Gasteiger partial charge in [-0.25, -0.2) is 4.98 Å². The van der Waals surface area contributed by atoms with Crippen LogP contribution in [-0.2, 0) is 13.0 Å². The molecule has 0 aliphatic heterocycles. The Labute approximate surface area is 121 Å². The molecule has 2 aromatic rings. The first-order valence-corrected chi connectivity index (χ1v) is 7.78. The molecule has 2 nitrogen and oxygen atoms in total. The van der Waals surface area contributed by atoms with E-state index in [9.17, 15) is 0 Å². The maximum Gasteiger partial charge on any atom is 0.0926 e. The van der Waals surface area contributed by atoms with Crippen molar-refractivity contribution in [3.63, 3.8) is 0 Å². The van der Waals surface area contributed by atoms with Crippen LogP contribution in [0.5, 0.6) is 0 Å². The van der Waals surface area contributed by atoms with E-state index in [0.29, 0.717) is 6.04 Å². The minimum Gasteiger partial charge on any atom is -0.305 e. The predicted molar refractivity (Wildman–Crippen MR) is 80.9 cm³/mol. The summed E-state index contributed by atoms with van der Waals surface area (Å²) in [7, 11) is 0. The summed E-state index contributed by atoms with van der Waals surface area (Å²) in [6, 6.07) is 8.77. The summed E-state index contributed by atoms with van der Waals surface area (Å²) in [4.78, 5) is 4.56. The molecule has 1 heterocycles. The average molecular weight is 325 g/mol. The second-order valence-electron chi connectivity index (χ2n) is 4.24. The lowest BCUT2D eigenvalue weighted by Gasteiger charge is -2.13. The smallest absolute Gasteiger partial charge is 0.0926 e. The maximum absolute atomic E-state index is 4.56. The van der Waals surface area contributed by atoms with Crippen LogP contribution in [0, 0.1) is 0 Å². The van der Waals surface area contributed by atoms with Crippen LogP contribution in [0.4, 0.5) is 0 Å². The Balaban J connectivity index is 1.91. The maximum atomic E-state index is 4.56. The summed E-state index contributed by atoms with van der Waals surface area (Å²) in [5, 5.41) is 6.85. The lowest BCUT2D eigenvalue weighted by atomic mass is 10.1. The highest BCUT2D eigenvalue weighted by Gasteiger charge is 2.06. The monoisotopic (exact) mass is 324 g/mol. The van der Waals surface area contributed by atoms with Gasteiger partial charge < -0.3 is 5.32 Å². The summed E-state index contributed by atoms with van der Waals surface area (Å²) in [6.45, 7) is 5.14. The van der Waals surface area contributed by atoms with Gasteiger partial charge in [0, 0.05) is 22.4 Å². The van der Waals surface area contributed by atoms with E-state index < -0.39 is 0 Å². The molecule has 1 unspecified atom stereocenters. The molecule has 4 heteroatoms. The van der Waals surface area contributed by atoms with E-state index in [2.05, 4.69) is 69.7 Å². The van der Waals surface area contributed by atoms with Crippen LogP contribution in [0.1, 0.15) is 36.2 Å². The summed E-state index contributed by atoms with van der Waals surface area (Å²) >= 11 is 5.19. The first kappa shape index (κ1) is 13.7. The first-order chi connectivity index (χ1) is 8.69. The lowest BCUT2D eigenvalue weighted by Crippen LogP contribution is -2.18. The summed E-state index contributed by atoms with van der Waals surface area (Å²) in [5.74, 6) is 0. The van der Waals surface area contributed by atoms with Crippen molar-refractivity contribution in [3.05, 3.63) is 50.4 Å². The van der Waals surface area contributed by atoms with Crippen molar-refractivity contribution < 1.29 is 0 Å². The largest absolute Gasteiger partial charge is 0.305 e. The molecule has 0 radical (unpaired) electrons. The molecule has 2 rings (SSSR count). The molecule has 0 aliphatic carbocycles. The molecule has 1 aromatic heterocycles. The fraction of sp³-hybridized carbons (Fsp3) is 0.357. The number of rotatable bonds is 5. The number of nitrogens with one attached hydrogen (secondary N) is 1. The molecule has 0 bridgehead atoms. The Bertz CT molecular complexity index is 493. The van der Waals surface area contributed by atoms with Crippen molar-refractivity contribution in [3.8, 4) is 0 Å². The van der Waals surface area contributed by atoms with Crippen LogP contribution in [0.3, 0.4) is 0 Å². The minimum atomic E-state index is 0.338. The van der Waals surface area contributed by atoms with Gasteiger partial charge in [0.05, 0.1) is 10.7 Å². The third-order valence-corrected chi connectivity index (χ3v) is 4.43. The molecule has 0 spiro atoms. The van der Waals surface area contributed by atoms with E-state index in [1.165, 1.54) is 10.6 Å². The number of halogens is 1. The van der Waals surface area contributed by atoms with Crippen molar-refractivity contribution in [2.45, 2.75) is 32.9 Å². The van der Waals surface area contributed by atoms with Gasteiger partial charge >= 0.3 is 0 Å². The van der Waals surface area contributed by atoms with Gasteiger partial charge in [-0.3, -0.25) is 0 Å². The van der Waals surface area contributed by atoms with Gasteiger partial charge in [-0.15, -0.1) is 11.3 Å². The topological polar surface area (TPSA) is 24.9 Å². The Kier molecular flexibility index (Phi) is 4.92. The summed E-state index contributed by atoms with van der Waals surface area (Å²) in [6.07, 6.45) is 1.02. The number of thiazole rings is 1. The third kappa shape index (κ3) is 3.64. The number of nitrogens with zero attached hydrogens (tertiary/aromatic N) is 1. The fourth-order valence-electron chi connectivity index (χ4n) is 1.72. The zero-order chi connectivity index (χ0) is 13.0. The second-order valence-corrected chi connectivity index (χ2v) is 6.10. The Morgan fingerprint density at radius 3 is 2.67 bits per heavy atom. The first-order valence-electron chi connectivity index (χ1n) is 6.11. The molecule has 0 fully saturated rings. The van der Waals surface area contributed by atoms with Crippen LogP contribution < -0.4 is 5.32 Å². The van der Waals surface area contributed by atoms with E-state index in [1.54, 1.807) is 11.3 Å². The van der Waals surface area contributed by atoms with Gasteiger partial charge in [-0.05, 0) is 31.0 Å². The molecular weight excluding hydrogens is 308 g/mol. The number of benzene rings is 1. The van der Waals surface area contributed by atoms with Crippen LogP contribution in [-0.4, -0.2) is 4.98 Å². The van der Waals surface area contributed by atoms with Gasteiger partial charge in [-0.2, -0.15) is 0 Å². The van der Waals surface area contributed by atoms with Crippen LogP contribution in [0.25, 0.3) is 0 Å². The summed E-state index contributed by atoms with van der Waals surface area (Å²) < 4.78 is 1.12. The minimum absolute atomic E-state index is 0.338. The van der Waals surface area contributed by atoms with Gasteiger partial charge in [0.25, 0.3) is 0 Å². The van der Waals surface area contributed by atoms with Crippen molar-refractivity contribution in [1.82, 2.24) is 10.3 Å². The molecular formula is C14H17BrN2S. The zero-order valence-corrected chi connectivity index (χ0v) is 13.0. The molecule has 1 N–H and O–H groups in total. The highest BCUT2D eigenvalue weighted by molar-refractivity contribution is 9.10. The number of aromatic nitrogens is 1. The normalized spacial score (nSPS) is 12.6. The Hall–Kier alpha value is -0.710. The molecule has 0 saturated heterocycles. The third-order valence-electron chi connectivity index (χ3n) is 2.86. The highest BCUT2D eigenvalue weighted by atomic mass is 79.9. The van der Waals surface area contributed by atoms with Gasteiger partial charge in [0.15, 0.2) is 0 Å². The number of hydrogen-bond acceptors (Lipinski definition) is 3. The lowest BCUT2D eigenvalue weighted by molar-refractivity contribution is 0.568. The molecule has 0 saturated carbocycles. The number of hydrogen-bond donors (Lipinski definition) is 1. The van der Waals surface area contributed by atoms with Gasteiger partial charge in [0.1, 0.15) is 0 Å². The van der Waals surface area contributed by atoms with Crippen LogP contribution in [0.15, 0.2) is 34.1 Å². The molecule has 96 valence electrons. The van der Waals surface area contributed by atoms with E-state index in [1.807, 2.05) is 0 Å². The van der Waals surface area contributed by atoms with Crippen LogP contribution >= 0.6 is 27.3 Å².